The van der Waals surface area contributed by atoms with Crippen molar-refractivity contribution in [1.82, 2.24) is 0 Å². The molecule has 1 amide bonds. The van der Waals surface area contributed by atoms with Crippen LogP contribution in [0, 0.1) is 0 Å². The Kier molecular flexibility index (Phi) is 5.41. The largest absolute Gasteiger partial charge is 0.444 e. The van der Waals surface area contributed by atoms with Gasteiger partial charge in [-0.3, -0.25) is 4.90 Å². The zero-order chi connectivity index (χ0) is 19.6. The van der Waals surface area contributed by atoms with E-state index in [1.807, 2.05) is 37.3 Å². The number of halogens is 3. The standard InChI is InChI=1S/C20H21F3N2O2/c1-2-15-11-17(24)16-10-14(20(21,22)23)8-9-18(16)25(15)19(26)27-12-13-6-4-3-5-7-13/h3-10,15,17H,2,11-12,24H2,1H3/t15-,17+/m1/s1. The van der Waals surface area contributed by atoms with Gasteiger partial charge in [-0.2, -0.15) is 13.2 Å². The van der Waals surface area contributed by atoms with E-state index in [1.54, 1.807) is 0 Å². The third-order valence-corrected chi connectivity index (χ3v) is 4.78. The molecule has 0 bridgehead atoms. The van der Waals surface area contributed by atoms with Crippen molar-refractivity contribution in [2.24, 2.45) is 5.73 Å². The maximum atomic E-state index is 13.0. The third-order valence-electron chi connectivity index (χ3n) is 4.78. The van der Waals surface area contributed by atoms with E-state index in [4.69, 9.17) is 10.5 Å². The second kappa shape index (κ2) is 7.60. The van der Waals surface area contributed by atoms with Gasteiger partial charge >= 0.3 is 12.3 Å². The summed E-state index contributed by atoms with van der Waals surface area (Å²) in [5.41, 5.74) is 6.86. The fourth-order valence-corrected chi connectivity index (χ4v) is 3.35. The van der Waals surface area contributed by atoms with Crippen molar-refractivity contribution in [3.63, 3.8) is 0 Å². The van der Waals surface area contributed by atoms with E-state index >= 15 is 0 Å². The Labute approximate surface area is 155 Å². The first-order valence-electron chi connectivity index (χ1n) is 8.78. The minimum Gasteiger partial charge on any atom is -0.444 e. The van der Waals surface area contributed by atoms with Crippen molar-refractivity contribution in [3.05, 3.63) is 65.2 Å². The van der Waals surface area contributed by atoms with Gasteiger partial charge in [-0.15, -0.1) is 0 Å². The second-order valence-electron chi connectivity index (χ2n) is 6.59. The zero-order valence-electron chi connectivity index (χ0n) is 14.9. The first kappa shape index (κ1) is 19.2. The van der Waals surface area contributed by atoms with Gasteiger partial charge in [0.2, 0.25) is 0 Å². The van der Waals surface area contributed by atoms with E-state index in [9.17, 15) is 18.0 Å². The molecule has 4 nitrogen and oxygen atoms in total. The van der Waals surface area contributed by atoms with Crippen molar-refractivity contribution < 1.29 is 22.7 Å². The van der Waals surface area contributed by atoms with Gasteiger partial charge in [0, 0.05) is 12.1 Å². The van der Waals surface area contributed by atoms with Gasteiger partial charge in [0.1, 0.15) is 6.61 Å². The average molecular weight is 378 g/mol. The zero-order valence-corrected chi connectivity index (χ0v) is 14.9. The summed E-state index contributed by atoms with van der Waals surface area (Å²) in [5, 5.41) is 0. The molecular weight excluding hydrogens is 357 g/mol. The second-order valence-corrected chi connectivity index (χ2v) is 6.59. The first-order valence-corrected chi connectivity index (χ1v) is 8.78. The fraction of sp³-hybridized carbons (Fsp3) is 0.350. The molecule has 0 aliphatic carbocycles. The summed E-state index contributed by atoms with van der Waals surface area (Å²) in [7, 11) is 0. The highest BCUT2D eigenvalue weighted by Gasteiger charge is 2.38. The van der Waals surface area contributed by atoms with E-state index in [0.29, 0.717) is 24.1 Å². The van der Waals surface area contributed by atoms with Crippen LogP contribution in [-0.4, -0.2) is 12.1 Å². The summed E-state index contributed by atoms with van der Waals surface area (Å²) >= 11 is 0. The van der Waals surface area contributed by atoms with Crippen LogP contribution in [0.5, 0.6) is 0 Å². The Bertz CT molecular complexity index is 809. The normalized spacial score (nSPS) is 19.5. The van der Waals surface area contributed by atoms with Gasteiger partial charge in [0.15, 0.2) is 0 Å². The van der Waals surface area contributed by atoms with Crippen LogP contribution < -0.4 is 10.6 Å². The van der Waals surface area contributed by atoms with E-state index in [0.717, 1.165) is 17.7 Å². The molecular formula is C20H21F3N2O2. The van der Waals surface area contributed by atoms with Gasteiger partial charge in [-0.1, -0.05) is 37.3 Å². The van der Waals surface area contributed by atoms with Gasteiger partial charge < -0.3 is 10.5 Å². The number of carbonyl (C=O) groups is 1. The van der Waals surface area contributed by atoms with Crippen LogP contribution in [0.25, 0.3) is 0 Å². The summed E-state index contributed by atoms with van der Waals surface area (Å²) in [4.78, 5) is 14.2. The summed E-state index contributed by atoms with van der Waals surface area (Å²) in [6.45, 7) is 2.00. The first-order chi connectivity index (χ1) is 12.8. The molecule has 0 aromatic heterocycles. The van der Waals surface area contributed by atoms with Crippen LogP contribution in [0.3, 0.4) is 0 Å². The van der Waals surface area contributed by atoms with Crippen molar-refractivity contribution in [3.8, 4) is 0 Å². The predicted molar refractivity (Wildman–Crippen MR) is 96.2 cm³/mol. The lowest BCUT2D eigenvalue weighted by molar-refractivity contribution is -0.137. The number of hydrogen-bond acceptors (Lipinski definition) is 3. The van der Waals surface area contributed by atoms with Crippen LogP contribution in [0.15, 0.2) is 48.5 Å². The van der Waals surface area contributed by atoms with Crippen molar-refractivity contribution in [2.75, 3.05) is 4.90 Å². The molecule has 2 atom stereocenters. The van der Waals surface area contributed by atoms with E-state index < -0.39 is 23.9 Å². The molecule has 0 saturated heterocycles. The molecule has 2 aromatic rings. The predicted octanol–water partition coefficient (Wildman–Crippen LogP) is 5.03. The number of carbonyl (C=O) groups excluding carboxylic acids is 1. The molecule has 2 aromatic carbocycles. The number of hydrogen-bond donors (Lipinski definition) is 1. The summed E-state index contributed by atoms with van der Waals surface area (Å²) in [5.74, 6) is 0. The highest BCUT2D eigenvalue weighted by Crippen LogP contribution is 2.41. The van der Waals surface area contributed by atoms with Crippen molar-refractivity contribution >= 4 is 11.8 Å². The monoisotopic (exact) mass is 378 g/mol. The highest BCUT2D eigenvalue weighted by molar-refractivity contribution is 5.90. The molecule has 0 fully saturated rings. The Morgan fingerprint density at radius 1 is 1.22 bits per heavy atom. The Morgan fingerprint density at radius 3 is 2.56 bits per heavy atom. The average Bonchev–Trinajstić information content (AvgIpc) is 2.65. The van der Waals surface area contributed by atoms with Gasteiger partial charge in [0.05, 0.1) is 11.3 Å². The number of benzene rings is 2. The summed E-state index contributed by atoms with van der Waals surface area (Å²) in [6, 6.07) is 11.7. The van der Waals surface area contributed by atoms with E-state index in [-0.39, 0.29) is 12.6 Å². The van der Waals surface area contributed by atoms with Gasteiger partial charge in [0.25, 0.3) is 0 Å². The highest BCUT2D eigenvalue weighted by atomic mass is 19.4. The van der Waals surface area contributed by atoms with Crippen molar-refractivity contribution in [2.45, 2.75) is 44.6 Å². The van der Waals surface area contributed by atoms with Crippen LogP contribution in [0.1, 0.15) is 42.5 Å². The van der Waals surface area contributed by atoms with Crippen LogP contribution in [-0.2, 0) is 17.5 Å². The van der Waals surface area contributed by atoms with Crippen LogP contribution in [0.2, 0.25) is 0 Å². The topological polar surface area (TPSA) is 55.6 Å². The molecule has 1 aliphatic rings. The van der Waals surface area contributed by atoms with Gasteiger partial charge in [-0.25, -0.2) is 4.79 Å². The fourth-order valence-electron chi connectivity index (χ4n) is 3.35. The number of alkyl halides is 3. The third kappa shape index (κ3) is 4.08. The SMILES string of the molecule is CC[C@@H]1C[C@H](N)c2cc(C(F)(F)F)ccc2N1C(=O)OCc1ccccc1. The quantitative estimate of drug-likeness (QED) is 0.815. The van der Waals surface area contributed by atoms with E-state index in [2.05, 4.69) is 0 Å². The molecule has 1 aliphatic heterocycles. The molecule has 2 N–H and O–H groups in total. The molecule has 0 unspecified atom stereocenters. The molecule has 7 heteroatoms. The maximum absolute atomic E-state index is 13.0. The van der Waals surface area contributed by atoms with E-state index in [1.165, 1.54) is 11.0 Å². The summed E-state index contributed by atoms with van der Waals surface area (Å²) in [6.07, 6.45) is -4.05. The number of anilines is 1. The smallest absolute Gasteiger partial charge is 0.416 e. The Hall–Kier alpha value is -2.54. The number of fused-ring (bicyclic) bond motifs is 1. The number of nitrogens with two attached hydrogens (primary N) is 1. The minimum absolute atomic E-state index is 0.0919. The molecule has 27 heavy (non-hydrogen) atoms. The molecule has 0 spiro atoms. The van der Waals surface area contributed by atoms with Crippen LogP contribution >= 0.6 is 0 Å². The maximum Gasteiger partial charge on any atom is 0.416 e. The lowest BCUT2D eigenvalue weighted by Gasteiger charge is -2.39. The van der Waals surface area contributed by atoms with Crippen LogP contribution in [0.4, 0.5) is 23.7 Å². The molecule has 3 rings (SSSR count). The summed E-state index contributed by atoms with van der Waals surface area (Å²) < 4.78 is 44.6. The van der Waals surface area contributed by atoms with Crippen molar-refractivity contribution in [1.29, 1.82) is 0 Å². The number of amides is 1. The van der Waals surface area contributed by atoms with Gasteiger partial charge in [-0.05, 0) is 42.2 Å². The molecule has 1 heterocycles. The Balaban J connectivity index is 1.89. The number of rotatable bonds is 3. The number of ether oxygens (including phenoxy) is 1. The molecule has 0 saturated carbocycles. The Morgan fingerprint density at radius 2 is 1.93 bits per heavy atom. The lowest BCUT2D eigenvalue weighted by Crippen LogP contribution is -2.46. The lowest BCUT2D eigenvalue weighted by atomic mass is 9.89. The molecule has 0 radical (unpaired) electrons. The minimum atomic E-state index is -4.46. The molecule has 144 valence electrons. The number of nitrogens with zero attached hydrogens (tertiary/aromatic N) is 1.